The minimum Gasteiger partial charge on any atom is -0.368 e. The Hall–Kier alpha value is -1.38. The van der Waals surface area contributed by atoms with E-state index in [4.69, 9.17) is 0 Å². The molecule has 0 aromatic heterocycles. The molecule has 3 heteroatoms. The van der Waals surface area contributed by atoms with Crippen molar-refractivity contribution in [3.8, 4) is 0 Å². The second-order valence-electron chi connectivity index (χ2n) is 3.37. The Labute approximate surface area is 82.3 Å². The number of carbonyl (C=O) groups excluding carboxylic acids is 1. The summed E-state index contributed by atoms with van der Waals surface area (Å²) in [6, 6.07) is 7.41. The Morgan fingerprint density at radius 1 is 1.36 bits per heavy atom. The number of hydrogen-bond donors (Lipinski definition) is 0. The molecule has 0 radical (unpaired) electrons. The minimum absolute atomic E-state index is 0.163. The van der Waals surface area contributed by atoms with Gasteiger partial charge in [0.15, 0.2) is 5.78 Å². The van der Waals surface area contributed by atoms with E-state index in [2.05, 4.69) is 0 Å². The van der Waals surface area contributed by atoms with Crippen molar-refractivity contribution in [2.75, 3.05) is 24.7 Å². The van der Waals surface area contributed by atoms with E-state index in [1.165, 1.54) is 0 Å². The summed E-state index contributed by atoms with van der Waals surface area (Å²) in [7, 11) is 0. The third kappa shape index (κ3) is 1.50. The number of rotatable bonds is 2. The number of carbonyl (C=O) groups is 1. The van der Waals surface area contributed by atoms with Gasteiger partial charge in [0.25, 0.3) is 0 Å². The first-order valence-corrected chi connectivity index (χ1v) is 4.76. The lowest BCUT2D eigenvalue weighted by Gasteiger charge is -2.29. The maximum Gasteiger partial charge on any atom is 0.166 e. The molecule has 0 amide bonds. The molecule has 74 valence electrons. The van der Waals surface area contributed by atoms with E-state index in [1.807, 2.05) is 29.2 Å². The van der Waals surface area contributed by atoms with Crippen LogP contribution in [0.25, 0.3) is 0 Å². The third-order valence-corrected chi connectivity index (χ3v) is 2.51. The van der Waals surface area contributed by atoms with E-state index in [0.717, 1.165) is 11.3 Å². The molecule has 0 fully saturated rings. The molecule has 1 heterocycles. The van der Waals surface area contributed by atoms with Crippen molar-refractivity contribution in [3.05, 3.63) is 29.8 Å². The SMILES string of the molecule is O=C1CCN(CCF)c2ccccc21. The molecule has 1 aromatic rings. The second kappa shape index (κ2) is 3.78. The van der Waals surface area contributed by atoms with Crippen molar-refractivity contribution in [2.24, 2.45) is 0 Å². The van der Waals surface area contributed by atoms with Crippen LogP contribution in [0.2, 0.25) is 0 Å². The predicted molar refractivity (Wildman–Crippen MR) is 53.6 cm³/mol. The van der Waals surface area contributed by atoms with E-state index in [1.54, 1.807) is 0 Å². The van der Waals surface area contributed by atoms with Crippen LogP contribution in [0, 0.1) is 0 Å². The van der Waals surface area contributed by atoms with Crippen LogP contribution in [-0.4, -0.2) is 25.5 Å². The van der Waals surface area contributed by atoms with Crippen LogP contribution < -0.4 is 4.90 Å². The molecule has 0 unspecified atom stereocenters. The maximum absolute atomic E-state index is 12.2. The highest BCUT2D eigenvalue weighted by molar-refractivity contribution is 6.03. The first-order valence-electron chi connectivity index (χ1n) is 4.76. The zero-order valence-electron chi connectivity index (χ0n) is 7.87. The number of nitrogens with zero attached hydrogens (tertiary/aromatic N) is 1. The van der Waals surface area contributed by atoms with Gasteiger partial charge in [0, 0.05) is 30.8 Å². The molecular formula is C11H12FNO. The molecule has 0 aliphatic carbocycles. The number of anilines is 1. The van der Waals surface area contributed by atoms with Crippen LogP contribution >= 0.6 is 0 Å². The Bertz CT molecular complexity index is 351. The average molecular weight is 193 g/mol. The predicted octanol–water partition coefficient (Wildman–Crippen LogP) is 2.05. The van der Waals surface area contributed by atoms with E-state index >= 15 is 0 Å². The fourth-order valence-corrected chi connectivity index (χ4v) is 1.81. The standard InChI is InChI=1S/C11H12FNO/c12-6-8-13-7-5-11(14)9-3-1-2-4-10(9)13/h1-4H,5-8H2. The van der Waals surface area contributed by atoms with Crippen molar-refractivity contribution >= 4 is 11.5 Å². The normalized spacial score (nSPS) is 15.5. The minimum atomic E-state index is -0.372. The van der Waals surface area contributed by atoms with Gasteiger partial charge in [0.2, 0.25) is 0 Å². The molecule has 0 bridgehead atoms. The van der Waals surface area contributed by atoms with Crippen LogP contribution in [-0.2, 0) is 0 Å². The van der Waals surface area contributed by atoms with Gasteiger partial charge in [-0.3, -0.25) is 4.79 Å². The summed E-state index contributed by atoms with van der Waals surface area (Å²) in [5.41, 5.74) is 1.61. The zero-order valence-corrected chi connectivity index (χ0v) is 7.87. The monoisotopic (exact) mass is 193 g/mol. The number of benzene rings is 1. The van der Waals surface area contributed by atoms with Crippen LogP contribution in [0.3, 0.4) is 0 Å². The zero-order chi connectivity index (χ0) is 9.97. The van der Waals surface area contributed by atoms with Gasteiger partial charge in [-0.15, -0.1) is 0 Å². The molecule has 1 aliphatic heterocycles. The fraction of sp³-hybridized carbons (Fsp3) is 0.364. The quantitative estimate of drug-likeness (QED) is 0.716. The number of hydrogen-bond acceptors (Lipinski definition) is 2. The van der Waals surface area contributed by atoms with Crippen molar-refractivity contribution < 1.29 is 9.18 Å². The second-order valence-corrected chi connectivity index (χ2v) is 3.37. The van der Waals surface area contributed by atoms with Crippen molar-refractivity contribution in [2.45, 2.75) is 6.42 Å². The molecule has 0 N–H and O–H groups in total. The van der Waals surface area contributed by atoms with Gasteiger partial charge in [-0.25, -0.2) is 4.39 Å². The first kappa shape index (κ1) is 9.19. The smallest absolute Gasteiger partial charge is 0.166 e. The number of alkyl halides is 1. The highest BCUT2D eigenvalue weighted by Crippen LogP contribution is 2.26. The van der Waals surface area contributed by atoms with Crippen LogP contribution in [0.1, 0.15) is 16.8 Å². The highest BCUT2D eigenvalue weighted by Gasteiger charge is 2.21. The molecular weight excluding hydrogens is 181 g/mol. The number of Topliss-reactive ketones (excluding diaryl/α,β-unsaturated/α-hetero) is 1. The molecule has 0 spiro atoms. The van der Waals surface area contributed by atoms with E-state index < -0.39 is 0 Å². The van der Waals surface area contributed by atoms with Gasteiger partial charge in [0.1, 0.15) is 6.67 Å². The lowest BCUT2D eigenvalue weighted by Crippen LogP contribution is -2.33. The summed E-state index contributed by atoms with van der Waals surface area (Å²) in [5, 5.41) is 0. The average Bonchev–Trinajstić information content (AvgIpc) is 2.23. The van der Waals surface area contributed by atoms with Crippen LogP contribution in [0.5, 0.6) is 0 Å². The Kier molecular flexibility index (Phi) is 2.48. The summed E-state index contributed by atoms with van der Waals surface area (Å²) >= 11 is 0. The van der Waals surface area contributed by atoms with Gasteiger partial charge in [-0.2, -0.15) is 0 Å². The lowest BCUT2D eigenvalue weighted by molar-refractivity contribution is 0.0979. The highest BCUT2D eigenvalue weighted by atomic mass is 19.1. The molecule has 0 saturated heterocycles. The number of fused-ring (bicyclic) bond motifs is 1. The number of halogens is 1. The number of ketones is 1. The van der Waals surface area contributed by atoms with Crippen molar-refractivity contribution in [3.63, 3.8) is 0 Å². The lowest BCUT2D eigenvalue weighted by atomic mass is 10.0. The summed E-state index contributed by atoms with van der Waals surface area (Å²) in [5.74, 6) is 0.163. The molecule has 0 saturated carbocycles. The van der Waals surface area contributed by atoms with Gasteiger partial charge >= 0.3 is 0 Å². The molecule has 2 nitrogen and oxygen atoms in total. The van der Waals surface area contributed by atoms with Crippen LogP contribution in [0.15, 0.2) is 24.3 Å². The van der Waals surface area contributed by atoms with Gasteiger partial charge in [-0.1, -0.05) is 12.1 Å². The Morgan fingerprint density at radius 2 is 2.14 bits per heavy atom. The fourth-order valence-electron chi connectivity index (χ4n) is 1.81. The Balaban J connectivity index is 2.36. The number of para-hydroxylation sites is 1. The molecule has 0 atom stereocenters. The van der Waals surface area contributed by atoms with Gasteiger partial charge < -0.3 is 4.90 Å². The first-order chi connectivity index (χ1) is 6.83. The summed E-state index contributed by atoms with van der Waals surface area (Å²) in [6.07, 6.45) is 0.497. The van der Waals surface area contributed by atoms with E-state index in [0.29, 0.717) is 19.5 Å². The van der Waals surface area contributed by atoms with Crippen molar-refractivity contribution in [1.29, 1.82) is 0 Å². The third-order valence-electron chi connectivity index (χ3n) is 2.51. The topological polar surface area (TPSA) is 20.3 Å². The molecule has 2 rings (SSSR count). The summed E-state index contributed by atoms with van der Waals surface area (Å²) in [6.45, 7) is 0.645. The maximum atomic E-state index is 12.2. The Morgan fingerprint density at radius 3 is 2.93 bits per heavy atom. The van der Waals surface area contributed by atoms with Gasteiger partial charge in [0.05, 0.1) is 0 Å². The molecule has 14 heavy (non-hydrogen) atoms. The molecule has 1 aromatic carbocycles. The van der Waals surface area contributed by atoms with Gasteiger partial charge in [-0.05, 0) is 12.1 Å². The van der Waals surface area contributed by atoms with Crippen molar-refractivity contribution in [1.82, 2.24) is 0 Å². The van der Waals surface area contributed by atoms with E-state index in [-0.39, 0.29) is 12.5 Å². The summed E-state index contributed by atoms with van der Waals surface area (Å²) < 4.78 is 12.2. The summed E-state index contributed by atoms with van der Waals surface area (Å²) in [4.78, 5) is 13.4. The largest absolute Gasteiger partial charge is 0.368 e. The van der Waals surface area contributed by atoms with E-state index in [9.17, 15) is 9.18 Å². The molecule has 1 aliphatic rings. The van der Waals surface area contributed by atoms with Crippen LogP contribution in [0.4, 0.5) is 10.1 Å².